The van der Waals surface area contributed by atoms with Gasteiger partial charge in [0, 0.05) is 17.1 Å². The zero-order valence-electron chi connectivity index (χ0n) is 16.6. The van der Waals surface area contributed by atoms with E-state index >= 15 is 0 Å². The Labute approximate surface area is 180 Å². The first kappa shape index (κ1) is 21.3. The van der Waals surface area contributed by atoms with Gasteiger partial charge in [0.1, 0.15) is 11.5 Å². The highest BCUT2D eigenvalue weighted by Crippen LogP contribution is 2.33. The van der Waals surface area contributed by atoms with Gasteiger partial charge in [0.15, 0.2) is 5.78 Å². The topological polar surface area (TPSA) is 51.7 Å². The molecule has 0 aliphatic heterocycles. The second kappa shape index (κ2) is 9.87. The number of carbonyl (C=O) groups excluding carboxylic acids is 1. The van der Waals surface area contributed by atoms with Crippen molar-refractivity contribution in [1.82, 2.24) is 9.27 Å². The number of hydrogen-bond donors (Lipinski definition) is 0. The molecule has 7 heteroatoms. The first-order chi connectivity index (χ1) is 14.0. The van der Waals surface area contributed by atoms with Crippen LogP contribution in [0.3, 0.4) is 0 Å². The van der Waals surface area contributed by atoms with Crippen molar-refractivity contribution in [2.75, 3.05) is 27.3 Å². The number of hydrogen-bond acceptors (Lipinski definition) is 6. The number of nitrogens with zero attached hydrogens (tertiary/aromatic N) is 2. The second-order valence-electron chi connectivity index (χ2n) is 6.50. The molecule has 0 unspecified atom stereocenters. The summed E-state index contributed by atoms with van der Waals surface area (Å²) in [5.41, 5.74) is 2.67. The predicted molar refractivity (Wildman–Crippen MR) is 117 cm³/mol. The third kappa shape index (κ3) is 5.35. The van der Waals surface area contributed by atoms with Gasteiger partial charge in [0.05, 0.1) is 31.3 Å². The lowest BCUT2D eigenvalue weighted by Crippen LogP contribution is -2.29. The van der Waals surface area contributed by atoms with E-state index < -0.39 is 0 Å². The van der Waals surface area contributed by atoms with E-state index in [1.165, 1.54) is 11.5 Å². The highest BCUT2D eigenvalue weighted by molar-refractivity contribution is 7.08. The number of Topliss-reactive ketones (excluding diaryl/α,β-unsaturated/α-hetero) is 1. The average molecular weight is 431 g/mol. The quantitative estimate of drug-likeness (QED) is 0.437. The number of carbonyl (C=O) groups is 1. The molecule has 0 N–H and O–H groups in total. The fourth-order valence-corrected chi connectivity index (χ4v) is 3.80. The van der Waals surface area contributed by atoms with Crippen molar-refractivity contribution in [2.24, 2.45) is 0 Å². The fraction of sp³-hybridized carbons (Fsp3) is 0.273. The van der Waals surface area contributed by atoms with E-state index in [1.807, 2.05) is 43.3 Å². The molecule has 0 atom stereocenters. The van der Waals surface area contributed by atoms with Crippen molar-refractivity contribution in [3.8, 4) is 22.8 Å². The maximum Gasteiger partial charge on any atom is 0.188 e. The maximum absolute atomic E-state index is 12.8. The molecule has 3 aromatic rings. The molecule has 0 aliphatic rings. The third-order valence-corrected chi connectivity index (χ3v) is 5.67. The van der Waals surface area contributed by atoms with E-state index in [0.29, 0.717) is 34.4 Å². The average Bonchev–Trinajstić information content (AvgIpc) is 3.23. The van der Waals surface area contributed by atoms with Gasteiger partial charge in [-0.3, -0.25) is 9.69 Å². The molecule has 0 fully saturated rings. The molecule has 1 aromatic heterocycles. The van der Waals surface area contributed by atoms with Gasteiger partial charge >= 0.3 is 0 Å². The zero-order chi connectivity index (χ0) is 20.8. The van der Waals surface area contributed by atoms with E-state index in [-0.39, 0.29) is 5.78 Å². The Morgan fingerprint density at radius 1 is 1.10 bits per heavy atom. The van der Waals surface area contributed by atoms with Crippen molar-refractivity contribution >= 4 is 28.9 Å². The Morgan fingerprint density at radius 3 is 2.52 bits per heavy atom. The monoisotopic (exact) mass is 430 g/mol. The van der Waals surface area contributed by atoms with Crippen LogP contribution in [0, 0.1) is 0 Å². The first-order valence-electron chi connectivity index (χ1n) is 9.23. The van der Waals surface area contributed by atoms with Crippen molar-refractivity contribution in [1.29, 1.82) is 0 Å². The smallest absolute Gasteiger partial charge is 0.188 e. The summed E-state index contributed by atoms with van der Waals surface area (Å²) in [5.74, 6) is 1.51. The summed E-state index contributed by atoms with van der Waals surface area (Å²) < 4.78 is 15.0. The van der Waals surface area contributed by atoms with Crippen LogP contribution in [-0.4, -0.2) is 42.4 Å². The number of rotatable bonds is 9. The van der Waals surface area contributed by atoms with Crippen LogP contribution < -0.4 is 9.47 Å². The summed E-state index contributed by atoms with van der Waals surface area (Å²) in [7, 11) is 3.24. The number of benzene rings is 2. The SMILES string of the molecule is CCN(CC(=O)c1cc(-c2ccc(Cl)cc2OC)ns1)Cc1ccc(OC)cc1. The Bertz CT molecular complexity index is 972. The zero-order valence-corrected chi connectivity index (χ0v) is 18.2. The molecule has 0 spiro atoms. The van der Waals surface area contributed by atoms with E-state index in [2.05, 4.69) is 9.27 Å². The summed E-state index contributed by atoms with van der Waals surface area (Å²) >= 11 is 7.24. The Hall–Kier alpha value is -2.41. The first-order valence-corrected chi connectivity index (χ1v) is 10.4. The molecule has 0 aliphatic carbocycles. The third-order valence-electron chi connectivity index (χ3n) is 4.60. The highest BCUT2D eigenvalue weighted by atomic mass is 35.5. The van der Waals surface area contributed by atoms with E-state index in [4.69, 9.17) is 21.1 Å². The molecule has 5 nitrogen and oxygen atoms in total. The molecule has 3 rings (SSSR count). The highest BCUT2D eigenvalue weighted by Gasteiger charge is 2.17. The molecule has 0 amide bonds. The van der Waals surface area contributed by atoms with Gasteiger partial charge in [-0.1, -0.05) is 30.7 Å². The lowest BCUT2D eigenvalue weighted by molar-refractivity contribution is 0.0933. The molecule has 1 heterocycles. The van der Waals surface area contributed by atoms with Gasteiger partial charge in [0.2, 0.25) is 0 Å². The molecule has 0 radical (unpaired) electrons. The standard InChI is InChI=1S/C22H23ClN2O3S/c1-4-25(13-15-5-8-17(27-2)9-6-15)14-20(26)22-12-19(24-29-22)18-10-7-16(23)11-21(18)28-3/h5-12H,4,13-14H2,1-3H3. The van der Waals surface area contributed by atoms with Crippen molar-refractivity contribution in [2.45, 2.75) is 13.5 Å². The van der Waals surface area contributed by atoms with E-state index in [1.54, 1.807) is 26.4 Å². The molecule has 2 aromatic carbocycles. The van der Waals surface area contributed by atoms with Crippen LogP contribution in [-0.2, 0) is 6.54 Å². The Kier molecular flexibility index (Phi) is 7.25. The minimum absolute atomic E-state index is 0.0528. The Balaban J connectivity index is 1.70. The van der Waals surface area contributed by atoms with Crippen LogP contribution in [0.25, 0.3) is 11.3 Å². The van der Waals surface area contributed by atoms with Crippen molar-refractivity contribution in [3.63, 3.8) is 0 Å². The van der Waals surface area contributed by atoms with Crippen LogP contribution >= 0.6 is 23.1 Å². The van der Waals surface area contributed by atoms with Crippen LogP contribution in [0.15, 0.2) is 48.5 Å². The number of ketones is 1. The second-order valence-corrected chi connectivity index (χ2v) is 7.74. The van der Waals surface area contributed by atoms with Gasteiger partial charge in [-0.2, -0.15) is 4.37 Å². The Morgan fingerprint density at radius 2 is 1.86 bits per heavy atom. The lowest BCUT2D eigenvalue weighted by atomic mass is 10.1. The maximum atomic E-state index is 12.8. The lowest BCUT2D eigenvalue weighted by Gasteiger charge is -2.19. The number of ether oxygens (including phenoxy) is 2. The molecule has 0 bridgehead atoms. The van der Waals surface area contributed by atoms with Crippen LogP contribution in [0.4, 0.5) is 0 Å². The summed E-state index contributed by atoms with van der Waals surface area (Å²) in [6, 6.07) is 15.1. The minimum Gasteiger partial charge on any atom is -0.497 e. The molecule has 0 saturated heterocycles. The normalized spacial score (nSPS) is 10.9. The number of methoxy groups -OCH3 is 2. The number of likely N-dealkylation sites (N-methyl/N-ethyl adjacent to an activating group) is 1. The van der Waals surface area contributed by atoms with E-state index in [0.717, 1.165) is 23.4 Å². The molecule has 0 saturated carbocycles. The van der Waals surface area contributed by atoms with E-state index in [9.17, 15) is 4.79 Å². The van der Waals surface area contributed by atoms with Crippen LogP contribution in [0.2, 0.25) is 5.02 Å². The van der Waals surface area contributed by atoms with Gasteiger partial charge in [-0.05, 0) is 60.0 Å². The largest absolute Gasteiger partial charge is 0.497 e. The molecular formula is C22H23ClN2O3S. The molecule has 152 valence electrons. The summed E-state index contributed by atoms with van der Waals surface area (Å²) in [5, 5.41) is 0.592. The summed E-state index contributed by atoms with van der Waals surface area (Å²) in [6.45, 7) is 3.85. The van der Waals surface area contributed by atoms with Crippen LogP contribution in [0.1, 0.15) is 22.2 Å². The van der Waals surface area contributed by atoms with Gasteiger partial charge in [-0.15, -0.1) is 0 Å². The fourth-order valence-electron chi connectivity index (χ4n) is 2.96. The summed E-state index contributed by atoms with van der Waals surface area (Å²) in [4.78, 5) is 15.5. The minimum atomic E-state index is 0.0528. The number of aromatic nitrogens is 1. The van der Waals surface area contributed by atoms with Crippen LogP contribution in [0.5, 0.6) is 11.5 Å². The molecule has 29 heavy (non-hydrogen) atoms. The van der Waals surface area contributed by atoms with Crippen molar-refractivity contribution < 1.29 is 14.3 Å². The molecular weight excluding hydrogens is 408 g/mol. The van der Waals surface area contributed by atoms with Gasteiger partial charge in [0.25, 0.3) is 0 Å². The van der Waals surface area contributed by atoms with Gasteiger partial charge < -0.3 is 9.47 Å². The summed E-state index contributed by atoms with van der Waals surface area (Å²) in [6.07, 6.45) is 0. The van der Waals surface area contributed by atoms with Gasteiger partial charge in [-0.25, -0.2) is 0 Å². The van der Waals surface area contributed by atoms with Crippen molar-refractivity contribution in [3.05, 3.63) is 64.0 Å². The predicted octanol–water partition coefficient (Wildman–Crippen LogP) is 5.19. The number of halogens is 1.